The predicted octanol–water partition coefficient (Wildman–Crippen LogP) is 4.15. The highest BCUT2D eigenvalue weighted by atomic mass is 79.9. The second kappa shape index (κ2) is 9.71. The van der Waals surface area contributed by atoms with E-state index < -0.39 is 5.97 Å². The fourth-order valence-corrected chi connectivity index (χ4v) is 3.61. The molecule has 7 heteroatoms. The number of methoxy groups -OCH3 is 1. The monoisotopic (exact) mass is 449 g/mol. The van der Waals surface area contributed by atoms with Gasteiger partial charge < -0.3 is 4.74 Å². The molecule has 0 unspecified atom stereocenters. The van der Waals surface area contributed by atoms with Crippen molar-refractivity contribution in [2.45, 2.75) is 13.8 Å². The lowest BCUT2D eigenvalue weighted by atomic mass is 10.1. The Bertz CT molecular complexity index is 855. The first-order valence-electron chi connectivity index (χ1n) is 8.20. The largest absolute Gasteiger partial charge is 0.468 e. The Hall–Kier alpha value is -2.12. The Morgan fingerprint density at radius 3 is 2.37 bits per heavy atom. The van der Waals surface area contributed by atoms with Gasteiger partial charge in [0.15, 0.2) is 0 Å². The van der Waals surface area contributed by atoms with Gasteiger partial charge in [-0.15, -0.1) is 0 Å². The highest BCUT2D eigenvalue weighted by Crippen LogP contribution is 2.31. The summed E-state index contributed by atoms with van der Waals surface area (Å²) >= 11 is 4.38. The minimum Gasteiger partial charge on any atom is -0.468 e. The minimum absolute atomic E-state index is 0.0733. The maximum absolute atomic E-state index is 12.9. The minimum atomic E-state index is -0.526. The average Bonchev–Trinajstić information content (AvgIpc) is 2.68. The standard InChI is InChI=1S/C20H20BrNO4S/c1-13-9-10-16(21)14(2)19(13)22(11-18(24)26-3)17(23)12-27-20(25)15-7-5-4-6-8-15/h4-10H,11-12H2,1-3H3. The quantitative estimate of drug-likeness (QED) is 0.619. The molecule has 2 rings (SSSR count). The van der Waals surface area contributed by atoms with Crippen molar-refractivity contribution in [2.24, 2.45) is 0 Å². The van der Waals surface area contributed by atoms with Gasteiger partial charge in [0.2, 0.25) is 11.0 Å². The molecule has 0 aromatic heterocycles. The summed E-state index contributed by atoms with van der Waals surface area (Å²) in [5, 5.41) is -0.190. The summed E-state index contributed by atoms with van der Waals surface area (Å²) in [6.07, 6.45) is 0. The van der Waals surface area contributed by atoms with E-state index in [1.807, 2.05) is 32.0 Å². The fraction of sp³-hybridized carbons (Fsp3) is 0.250. The predicted molar refractivity (Wildman–Crippen MR) is 111 cm³/mol. The van der Waals surface area contributed by atoms with Crippen LogP contribution in [0.2, 0.25) is 0 Å². The highest BCUT2D eigenvalue weighted by molar-refractivity contribution is 9.10. The number of esters is 1. The number of hydrogen-bond acceptors (Lipinski definition) is 5. The number of amides is 1. The van der Waals surface area contributed by atoms with E-state index in [1.54, 1.807) is 24.3 Å². The molecule has 0 saturated heterocycles. The van der Waals surface area contributed by atoms with Crippen molar-refractivity contribution in [1.82, 2.24) is 0 Å². The number of carbonyl (C=O) groups is 3. The molecular formula is C20H20BrNO4S. The van der Waals surface area contributed by atoms with Gasteiger partial charge in [0.25, 0.3) is 0 Å². The van der Waals surface area contributed by atoms with E-state index in [0.29, 0.717) is 11.3 Å². The van der Waals surface area contributed by atoms with Gasteiger partial charge >= 0.3 is 5.97 Å². The van der Waals surface area contributed by atoms with Crippen molar-refractivity contribution in [3.63, 3.8) is 0 Å². The number of thioether (sulfide) groups is 1. The van der Waals surface area contributed by atoms with Gasteiger partial charge in [-0.3, -0.25) is 19.3 Å². The molecule has 2 aromatic carbocycles. The summed E-state index contributed by atoms with van der Waals surface area (Å²) in [5.41, 5.74) is 2.87. The van der Waals surface area contributed by atoms with Crippen molar-refractivity contribution < 1.29 is 19.1 Å². The van der Waals surface area contributed by atoms with Crippen LogP contribution in [-0.2, 0) is 14.3 Å². The number of benzene rings is 2. The normalized spacial score (nSPS) is 10.4. The van der Waals surface area contributed by atoms with Crippen LogP contribution in [0.4, 0.5) is 5.69 Å². The van der Waals surface area contributed by atoms with Crippen LogP contribution in [0.15, 0.2) is 46.9 Å². The second-order valence-electron chi connectivity index (χ2n) is 5.84. The van der Waals surface area contributed by atoms with Gasteiger partial charge in [-0.1, -0.05) is 64.1 Å². The van der Waals surface area contributed by atoms with Crippen LogP contribution in [0, 0.1) is 13.8 Å². The first-order chi connectivity index (χ1) is 12.8. The second-order valence-corrected chi connectivity index (χ2v) is 7.64. The lowest BCUT2D eigenvalue weighted by molar-refractivity contribution is -0.139. The molecule has 0 aliphatic heterocycles. The summed E-state index contributed by atoms with van der Waals surface area (Å²) in [6, 6.07) is 12.5. The van der Waals surface area contributed by atoms with Crippen molar-refractivity contribution in [1.29, 1.82) is 0 Å². The Kier molecular flexibility index (Phi) is 7.62. The van der Waals surface area contributed by atoms with E-state index in [0.717, 1.165) is 27.4 Å². The number of hydrogen-bond donors (Lipinski definition) is 0. The number of anilines is 1. The van der Waals surface area contributed by atoms with E-state index in [9.17, 15) is 14.4 Å². The van der Waals surface area contributed by atoms with Crippen LogP contribution < -0.4 is 4.90 Å². The SMILES string of the molecule is COC(=O)CN(C(=O)CSC(=O)c1ccccc1)c1c(C)ccc(Br)c1C. The zero-order valence-corrected chi connectivity index (χ0v) is 17.7. The summed E-state index contributed by atoms with van der Waals surface area (Å²) in [6.45, 7) is 3.52. The van der Waals surface area contributed by atoms with Gasteiger partial charge in [-0.05, 0) is 31.0 Å². The van der Waals surface area contributed by atoms with Crippen LogP contribution >= 0.6 is 27.7 Å². The Labute approximate surface area is 171 Å². The maximum Gasteiger partial charge on any atom is 0.325 e. The molecule has 0 N–H and O–H groups in total. The number of ether oxygens (including phenoxy) is 1. The van der Waals surface area contributed by atoms with E-state index in [-0.39, 0.29) is 23.3 Å². The molecule has 0 radical (unpaired) electrons. The number of halogens is 1. The topological polar surface area (TPSA) is 63.7 Å². The van der Waals surface area contributed by atoms with Gasteiger partial charge in [-0.2, -0.15) is 0 Å². The van der Waals surface area contributed by atoms with Crippen molar-refractivity contribution in [3.8, 4) is 0 Å². The molecule has 0 heterocycles. The summed E-state index contributed by atoms with van der Waals surface area (Å²) in [7, 11) is 1.28. The number of carbonyl (C=O) groups excluding carboxylic acids is 3. The third-order valence-electron chi connectivity index (χ3n) is 3.99. The zero-order chi connectivity index (χ0) is 20.0. The number of aryl methyl sites for hydroxylation is 1. The molecule has 0 aliphatic carbocycles. The summed E-state index contributed by atoms with van der Waals surface area (Å²) in [5.74, 6) is -0.934. The van der Waals surface area contributed by atoms with E-state index in [2.05, 4.69) is 15.9 Å². The summed E-state index contributed by atoms with van der Waals surface area (Å²) in [4.78, 5) is 38.4. The number of nitrogens with zero attached hydrogens (tertiary/aromatic N) is 1. The Balaban J connectivity index is 2.24. The maximum atomic E-state index is 12.9. The zero-order valence-electron chi connectivity index (χ0n) is 15.3. The van der Waals surface area contributed by atoms with Crippen LogP contribution in [0.25, 0.3) is 0 Å². The first kappa shape index (κ1) is 21.2. The smallest absolute Gasteiger partial charge is 0.325 e. The van der Waals surface area contributed by atoms with Gasteiger partial charge in [0.1, 0.15) is 6.54 Å². The molecule has 5 nitrogen and oxygen atoms in total. The van der Waals surface area contributed by atoms with E-state index >= 15 is 0 Å². The summed E-state index contributed by atoms with van der Waals surface area (Å²) < 4.78 is 5.57. The first-order valence-corrected chi connectivity index (χ1v) is 9.98. The van der Waals surface area contributed by atoms with E-state index in [4.69, 9.17) is 4.74 Å². The van der Waals surface area contributed by atoms with E-state index in [1.165, 1.54) is 12.0 Å². The molecule has 27 heavy (non-hydrogen) atoms. The van der Waals surface area contributed by atoms with Crippen LogP contribution in [0.3, 0.4) is 0 Å². The molecule has 0 fully saturated rings. The van der Waals surface area contributed by atoms with Crippen LogP contribution in [-0.4, -0.2) is 36.4 Å². The van der Waals surface area contributed by atoms with Crippen molar-refractivity contribution in [2.75, 3.05) is 24.3 Å². The van der Waals surface area contributed by atoms with Gasteiger partial charge in [0, 0.05) is 10.0 Å². The van der Waals surface area contributed by atoms with Crippen molar-refractivity contribution >= 4 is 50.4 Å². The average molecular weight is 450 g/mol. The molecule has 1 amide bonds. The third-order valence-corrected chi connectivity index (χ3v) is 5.74. The fourth-order valence-electron chi connectivity index (χ4n) is 2.57. The molecule has 0 aliphatic rings. The third kappa shape index (κ3) is 5.43. The van der Waals surface area contributed by atoms with Gasteiger partial charge in [0.05, 0.1) is 18.6 Å². The molecule has 0 saturated carbocycles. The highest BCUT2D eigenvalue weighted by Gasteiger charge is 2.24. The molecule has 0 atom stereocenters. The molecule has 0 spiro atoms. The van der Waals surface area contributed by atoms with Crippen LogP contribution in [0.1, 0.15) is 21.5 Å². The lowest BCUT2D eigenvalue weighted by Gasteiger charge is -2.25. The van der Waals surface area contributed by atoms with Crippen molar-refractivity contribution in [3.05, 3.63) is 63.6 Å². The Morgan fingerprint density at radius 2 is 1.74 bits per heavy atom. The molecule has 142 valence electrons. The molecule has 2 aromatic rings. The molecular weight excluding hydrogens is 430 g/mol. The Morgan fingerprint density at radius 1 is 1.07 bits per heavy atom. The molecule has 0 bridgehead atoms. The number of rotatable bonds is 6. The van der Waals surface area contributed by atoms with Gasteiger partial charge in [-0.25, -0.2) is 0 Å². The van der Waals surface area contributed by atoms with Crippen LogP contribution in [0.5, 0.6) is 0 Å². The lowest BCUT2D eigenvalue weighted by Crippen LogP contribution is -2.38.